The second kappa shape index (κ2) is 14.6. The Morgan fingerprint density at radius 3 is 2.21 bits per heavy atom. The van der Waals surface area contributed by atoms with E-state index in [1.165, 1.54) is 22.3 Å². The maximum absolute atomic E-state index is 14.3. The van der Waals surface area contributed by atoms with Crippen molar-refractivity contribution >= 4 is 39.6 Å². The molecule has 0 spiro atoms. The Morgan fingerprint density at radius 1 is 1.06 bits per heavy atom. The lowest BCUT2D eigenvalue weighted by atomic mass is 9.81. The van der Waals surface area contributed by atoms with E-state index in [0.29, 0.717) is 25.8 Å². The zero-order valence-corrected chi connectivity index (χ0v) is 30.2. The van der Waals surface area contributed by atoms with E-state index in [9.17, 15) is 32.4 Å². The molecule has 2 saturated carbocycles. The molecule has 4 N–H and O–H groups in total. The Balaban J connectivity index is 1.84. The summed E-state index contributed by atoms with van der Waals surface area (Å²) in [4.78, 5) is 68.8. The Labute approximate surface area is 280 Å². The summed E-state index contributed by atoms with van der Waals surface area (Å²) in [5.74, 6) is -2.57. The second-order valence-corrected chi connectivity index (χ2v) is 17.4. The predicted molar refractivity (Wildman–Crippen MR) is 180 cm³/mol. The number of nitrogens with one attached hydrogen (secondary N) is 4. The highest BCUT2D eigenvalue weighted by Gasteiger charge is 2.70. The van der Waals surface area contributed by atoms with Crippen LogP contribution in [-0.4, -0.2) is 104 Å². The minimum Gasteiger partial charge on any atom is -0.346 e. The van der Waals surface area contributed by atoms with Gasteiger partial charge in [-0.3, -0.25) is 19.2 Å². The molecular formula is C33H56N6O7S. The largest absolute Gasteiger partial charge is 0.346 e. The Kier molecular flexibility index (Phi) is 12.0. The van der Waals surface area contributed by atoms with Crippen LogP contribution in [0.1, 0.15) is 86.5 Å². The highest BCUT2D eigenvalue weighted by atomic mass is 32.2. The number of amides is 5. The topological polar surface area (TPSA) is 174 Å². The van der Waals surface area contributed by atoms with E-state index in [-0.39, 0.29) is 36.8 Å². The van der Waals surface area contributed by atoms with Crippen molar-refractivity contribution in [1.29, 1.82) is 0 Å². The van der Waals surface area contributed by atoms with Gasteiger partial charge in [0.05, 0.1) is 17.8 Å². The number of urea groups is 1. The normalized spacial score (nSPS) is 24.4. The zero-order valence-electron chi connectivity index (χ0n) is 29.4. The van der Waals surface area contributed by atoms with Crippen LogP contribution in [0.3, 0.4) is 0 Å². The predicted octanol–water partition coefficient (Wildman–Crippen LogP) is 1.93. The number of carbonyl (C=O) groups is 5. The summed E-state index contributed by atoms with van der Waals surface area (Å²) in [6.07, 6.45) is 7.24. The van der Waals surface area contributed by atoms with E-state index in [1.54, 1.807) is 0 Å². The SMILES string of the molecule is C=CCNC(=O)C(=O)C(CCC)NC(=O)[C@@H]1[C@@H]2[C@H](CN1C(=O)[C@@H](NC(=O)NC1(CN(C)S(C)(=O)=O)CCCCC1)C(C)(C)C)C2(C)C. The summed E-state index contributed by atoms with van der Waals surface area (Å²) in [5, 5.41) is 11.2. The van der Waals surface area contributed by atoms with Crippen LogP contribution in [0.4, 0.5) is 4.79 Å². The maximum atomic E-state index is 14.3. The highest BCUT2D eigenvalue weighted by Crippen LogP contribution is 2.65. The van der Waals surface area contributed by atoms with Gasteiger partial charge >= 0.3 is 6.03 Å². The fourth-order valence-corrected chi connectivity index (χ4v) is 7.84. The molecule has 1 aliphatic heterocycles. The van der Waals surface area contributed by atoms with Crippen LogP contribution in [0.2, 0.25) is 0 Å². The molecule has 5 amide bonds. The molecule has 5 atom stereocenters. The van der Waals surface area contributed by atoms with E-state index >= 15 is 0 Å². The number of hydrogen-bond acceptors (Lipinski definition) is 7. The Hall–Kier alpha value is -3.00. The minimum atomic E-state index is -3.48. The summed E-state index contributed by atoms with van der Waals surface area (Å²) < 4.78 is 25.7. The first kappa shape index (κ1) is 38.4. The molecule has 47 heavy (non-hydrogen) atoms. The quantitative estimate of drug-likeness (QED) is 0.160. The molecule has 0 bridgehead atoms. The molecular weight excluding hydrogens is 624 g/mol. The molecule has 0 aromatic carbocycles. The molecule has 1 heterocycles. The zero-order chi connectivity index (χ0) is 35.5. The van der Waals surface area contributed by atoms with Gasteiger partial charge in [-0.2, -0.15) is 0 Å². The van der Waals surface area contributed by atoms with Gasteiger partial charge in [-0.1, -0.05) is 73.3 Å². The summed E-state index contributed by atoms with van der Waals surface area (Å²) in [7, 11) is -1.99. The third-order valence-electron chi connectivity index (χ3n) is 10.3. The molecule has 3 fully saturated rings. The first-order valence-corrected chi connectivity index (χ1v) is 18.6. The molecule has 3 aliphatic rings. The highest BCUT2D eigenvalue weighted by molar-refractivity contribution is 7.88. The molecule has 2 aliphatic carbocycles. The third kappa shape index (κ3) is 8.92. The lowest BCUT2D eigenvalue weighted by Gasteiger charge is -2.42. The van der Waals surface area contributed by atoms with Crippen LogP contribution >= 0.6 is 0 Å². The lowest BCUT2D eigenvalue weighted by Crippen LogP contribution is -2.64. The number of Topliss-reactive ketones (excluding diaryl/α,β-unsaturated/α-hetero) is 1. The van der Waals surface area contributed by atoms with Gasteiger partial charge in [0.25, 0.3) is 5.91 Å². The average Bonchev–Trinajstić information content (AvgIpc) is 3.28. The number of rotatable bonds is 14. The summed E-state index contributed by atoms with van der Waals surface area (Å²) in [6.45, 7) is 15.5. The summed E-state index contributed by atoms with van der Waals surface area (Å²) in [5.41, 5.74) is -1.73. The number of carbonyl (C=O) groups excluding carboxylic acids is 5. The number of ketones is 1. The number of sulfonamides is 1. The van der Waals surface area contributed by atoms with Gasteiger partial charge in [-0.15, -0.1) is 6.58 Å². The molecule has 266 valence electrons. The fourth-order valence-electron chi connectivity index (χ4n) is 7.36. The van der Waals surface area contributed by atoms with E-state index < -0.39 is 68.6 Å². The van der Waals surface area contributed by atoms with Gasteiger partial charge in [-0.05, 0) is 41.9 Å². The summed E-state index contributed by atoms with van der Waals surface area (Å²) in [6, 6.07) is -3.51. The summed E-state index contributed by atoms with van der Waals surface area (Å²) >= 11 is 0. The average molecular weight is 681 g/mol. The number of fused-ring (bicyclic) bond motifs is 1. The van der Waals surface area contributed by atoms with Crippen molar-refractivity contribution in [1.82, 2.24) is 30.5 Å². The van der Waals surface area contributed by atoms with Gasteiger partial charge in [0.2, 0.25) is 27.6 Å². The van der Waals surface area contributed by atoms with Crippen molar-refractivity contribution in [2.24, 2.45) is 22.7 Å². The van der Waals surface area contributed by atoms with Crippen LogP contribution in [-0.2, 0) is 29.2 Å². The van der Waals surface area contributed by atoms with Crippen molar-refractivity contribution in [2.75, 3.05) is 32.9 Å². The van der Waals surface area contributed by atoms with E-state index in [2.05, 4.69) is 27.8 Å². The number of nitrogens with zero attached hydrogens (tertiary/aromatic N) is 2. The third-order valence-corrected chi connectivity index (χ3v) is 11.5. The molecule has 3 rings (SSSR count). The minimum absolute atomic E-state index is 0.0601. The number of likely N-dealkylation sites (tertiary alicyclic amines) is 1. The van der Waals surface area contributed by atoms with Crippen molar-refractivity contribution in [3.63, 3.8) is 0 Å². The van der Waals surface area contributed by atoms with Gasteiger partial charge in [0.15, 0.2) is 0 Å². The van der Waals surface area contributed by atoms with Crippen LogP contribution in [0.5, 0.6) is 0 Å². The monoisotopic (exact) mass is 680 g/mol. The molecule has 14 heteroatoms. The first-order valence-electron chi connectivity index (χ1n) is 16.7. The van der Waals surface area contributed by atoms with Crippen molar-refractivity contribution in [2.45, 2.75) is 110 Å². The molecule has 1 unspecified atom stereocenters. The number of piperidine rings is 1. The molecule has 0 aromatic rings. The van der Waals surface area contributed by atoms with Crippen LogP contribution < -0.4 is 21.3 Å². The molecule has 0 radical (unpaired) electrons. The van der Waals surface area contributed by atoms with Gasteiger partial charge < -0.3 is 26.2 Å². The van der Waals surface area contributed by atoms with Crippen LogP contribution in [0.15, 0.2) is 12.7 Å². The van der Waals surface area contributed by atoms with Crippen LogP contribution in [0.25, 0.3) is 0 Å². The van der Waals surface area contributed by atoms with Gasteiger partial charge in [0, 0.05) is 26.7 Å². The van der Waals surface area contributed by atoms with Crippen LogP contribution in [0, 0.1) is 22.7 Å². The van der Waals surface area contributed by atoms with E-state index in [0.717, 1.165) is 25.5 Å². The Bertz CT molecular complexity index is 1330. The van der Waals surface area contributed by atoms with Crippen molar-refractivity contribution in [3.05, 3.63) is 12.7 Å². The second-order valence-electron chi connectivity index (χ2n) is 15.4. The molecule has 1 saturated heterocycles. The van der Waals surface area contributed by atoms with E-state index in [4.69, 9.17) is 0 Å². The lowest BCUT2D eigenvalue weighted by molar-refractivity contribution is -0.145. The molecule has 0 aromatic heterocycles. The molecule has 13 nitrogen and oxygen atoms in total. The Morgan fingerprint density at radius 2 is 1.68 bits per heavy atom. The van der Waals surface area contributed by atoms with Crippen molar-refractivity contribution in [3.8, 4) is 0 Å². The van der Waals surface area contributed by atoms with E-state index in [1.807, 2.05) is 41.5 Å². The van der Waals surface area contributed by atoms with Gasteiger partial charge in [0.1, 0.15) is 12.1 Å². The number of likely N-dealkylation sites (N-methyl/N-ethyl adjacent to an activating group) is 1. The standard InChI is InChI=1S/C33H56N6O7S/c1-10-15-22(25(40)28(42)34-18-11-2)35-27(41)24-23-21(32(23,6)7)19-39(24)29(43)26(31(3,4)5)36-30(44)37-33(16-13-12-14-17-33)20-38(8)47(9,45)46/h11,21-24,26H,2,10,12-20H2,1,3-9H3,(H,34,42)(H,35,41)(H2,36,37,44)/t21-,22?,23-,24-,26+/m0/s1. The maximum Gasteiger partial charge on any atom is 0.315 e. The fraction of sp³-hybridized carbons (Fsp3) is 0.788. The smallest absolute Gasteiger partial charge is 0.315 e. The van der Waals surface area contributed by atoms with Gasteiger partial charge in [-0.25, -0.2) is 17.5 Å². The van der Waals surface area contributed by atoms with Crippen molar-refractivity contribution < 1.29 is 32.4 Å². The first-order chi connectivity index (χ1) is 21.7. The number of hydrogen-bond donors (Lipinski definition) is 4.